The lowest BCUT2D eigenvalue weighted by molar-refractivity contribution is 0.474. The number of pyridine rings is 1. The van der Waals surface area contributed by atoms with Crippen LogP contribution in [-0.2, 0) is 0 Å². The first-order chi connectivity index (χ1) is 6.59. The normalized spacial score (nSPS) is 11.4. The maximum atomic E-state index is 11.4. The van der Waals surface area contributed by atoms with Crippen LogP contribution in [0, 0.1) is 0 Å². The molecule has 0 spiro atoms. The van der Waals surface area contributed by atoms with Gasteiger partial charge in [-0.05, 0) is 35.8 Å². The zero-order valence-electron chi connectivity index (χ0n) is 7.82. The molecule has 2 rings (SSSR count). The van der Waals surface area contributed by atoms with Gasteiger partial charge in [0.2, 0.25) is 5.71 Å². The second-order valence-corrected chi connectivity index (χ2v) is 4.23. The zero-order valence-corrected chi connectivity index (χ0v) is 9.41. The summed E-state index contributed by atoms with van der Waals surface area (Å²) in [6.45, 7) is 3.86. The predicted octanol–water partition coefficient (Wildman–Crippen LogP) is 2.33. The Morgan fingerprint density at radius 2 is 2.29 bits per heavy atom. The van der Waals surface area contributed by atoms with Crippen LogP contribution in [0.15, 0.2) is 25.9 Å². The Morgan fingerprint density at radius 1 is 1.57 bits per heavy atom. The van der Waals surface area contributed by atoms with Crippen molar-refractivity contribution in [2.24, 2.45) is 0 Å². The minimum atomic E-state index is -0.361. The standard InChI is InChI=1S/C9H9BrN2O2/c1-5(2)12-7-3-6(10)4-11-8(7)14-9(12)13/h3-5H,1-2H3. The average molecular weight is 257 g/mol. The third-order valence-corrected chi connectivity index (χ3v) is 2.39. The molecule has 0 saturated heterocycles. The first kappa shape index (κ1) is 9.45. The Morgan fingerprint density at radius 3 is 2.93 bits per heavy atom. The van der Waals surface area contributed by atoms with E-state index < -0.39 is 0 Å². The summed E-state index contributed by atoms with van der Waals surface area (Å²) in [5.41, 5.74) is 1.10. The SMILES string of the molecule is CC(C)n1c(=O)oc2ncc(Br)cc21. The third-order valence-electron chi connectivity index (χ3n) is 1.96. The van der Waals surface area contributed by atoms with Gasteiger partial charge in [-0.25, -0.2) is 9.78 Å². The van der Waals surface area contributed by atoms with Crippen LogP contribution in [0.25, 0.3) is 11.2 Å². The van der Waals surface area contributed by atoms with Crippen LogP contribution in [0.3, 0.4) is 0 Å². The molecule has 14 heavy (non-hydrogen) atoms. The Hall–Kier alpha value is -1.10. The van der Waals surface area contributed by atoms with Gasteiger partial charge in [-0.15, -0.1) is 0 Å². The van der Waals surface area contributed by atoms with Crippen molar-refractivity contribution in [3.05, 3.63) is 27.3 Å². The molecule has 0 N–H and O–H groups in total. The van der Waals surface area contributed by atoms with Gasteiger partial charge < -0.3 is 4.42 Å². The maximum absolute atomic E-state index is 11.4. The van der Waals surface area contributed by atoms with Crippen LogP contribution in [0.5, 0.6) is 0 Å². The Kier molecular flexibility index (Phi) is 2.19. The lowest BCUT2D eigenvalue weighted by Gasteiger charge is -2.04. The first-order valence-corrected chi connectivity index (χ1v) is 5.05. The average Bonchev–Trinajstić information content (AvgIpc) is 2.40. The van der Waals surface area contributed by atoms with Gasteiger partial charge in [-0.1, -0.05) is 0 Å². The molecule has 74 valence electrons. The van der Waals surface area contributed by atoms with E-state index >= 15 is 0 Å². The number of aromatic nitrogens is 2. The molecule has 0 bridgehead atoms. The predicted molar refractivity (Wildman–Crippen MR) is 56.4 cm³/mol. The van der Waals surface area contributed by atoms with Crippen molar-refractivity contribution in [1.29, 1.82) is 0 Å². The summed E-state index contributed by atoms with van der Waals surface area (Å²) in [4.78, 5) is 15.4. The molecule has 0 unspecified atom stereocenters. The van der Waals surface area contributed by atoms with E-state index in [0.717, 1.165) is 9.99 Å². The van der Waals surface area contributed by atoms with Crippen molar-refractivity contribution < 1.29 is 4.42 Å². The van der Waals surface area contributed by atoms with Crippen molar-refractivity contribution >= 4 is 27.2 Å². The number of rotatable bonds is 1. The van der Waals surface area contributed by atoms with Crippen molar-refractivity contribution in [1.82, 2.24) is 9.55 Å². The van der Waals surface area contributed by atoms with E-state index in [9.17, 15) is 4.79 Å². The highest BCUT2D eigenvalue weighted by Crippen LogP contribution is 2.18. The van der Waals surface area contributed by atoms with Crippen LogP contribution in [-0.4, -0.2) is 9.55 Å². The second kappa shape index (κ2) is 3.24. The fraction of sp³-hybridized carbons (Fsp3) is 0.333. The van der Waals surface area contributed by atoms with Gasteiger partial charge in [0.05, 0.1) is 0 Å². The van der Waals surface area contributed by atoms with E-state index in [1.807, 2.05) is 19.9 Å². The van der Waals surface area contributed by atoms with Crippen molar-refractivity contribution in [3.63, 3.8) is 0 Å². The fourth-order valence-electron chi connectivity index (χ4n) is 1.39. The molecule has 2 aromatic heterocycles. The number of hydrogen-bond acceptors (Lipinski definition) is 3. The maximum Gasteiger partial charge on any atom is 0.421 e. The molecule has 0 aromatic carbocycles. The van der Waals surface area contributed by atoms with Crippen LogP contribution in [0.2, 0.25) is 0 Å². The highest BCUT2D eigenvalue weighted by Gasteiger charge is 2.12. The Balaban J connectivity index is 2.86. The van der Waals surface area contributed by atoms with Gasteiger partial charge in [0, 0.05) is 16.7 Å². The molecule has 0 atom stereocenters. The quantitative estimate of drug-likeness (QED) is 0.787. The summed E-state index contributed by atoms with van der Waals surface area (Å²) in [7, 11) is 0. The first-order valence-electron chi connectivity index (χ1n) is 4.26. The van der Waals surface area contributed by atoms with Crippen molar-refractivity contribution in [2.45, 2.75) is 19.9 Å². The van der Waals surface area contributed by atoms with E-state index in [1.165, 1.54) is 0 Å². The highest BCUT2D eigenvalue weighted by molar-refractivity contribution is 9.10. The summed E-state index contributed by atoms with van der Waals surface area (Å²) in [6, 6.07) is 1.90. The minimum absolute atomic E-state index is 0.0693. The number of fused-ring (bicyclic) bond motifs is 1. The number of halogens is 1. The van der Waals surface area contributed by atoms with Gasteiger partial charge in [0.25, 0.3) is 0 Å². The molecular formula is C9H9BrN2O2. The molecule has 0 fully saturated rings. The monoisotopic (exact) mass is 256 g/mol. The van der Waals surface area contributed by atoms with Crippen molar-refractivity contribution in [2.75, 3.05) is 0 Å². The van der Waals surface area contributed by atoms with E-state index in [2.05, 4.69) is 20.9 Å². The number of hydrogen-bond donors (Lipinski definition) is 0. The molecule has 2 heterocycles. The largest absolute Gasteiger partial charge is 0.421 e. The van der Waals surface area contributed by atoms with E-state index in [-0.39, 0.29) is 11.8 Å². The topological polar surface area (TPSA) is 48.0 Å². The van der Waals surface area contributed by atoms with Gasteiger partial charge in [-0.3, -0.25) is 4.57 Å². The molecule has 0 aliphatic heterocycles. The van der Waals surface area contributed by atoms with Crippen LogP contribution >= 0.6 is 15.9 Å². The number of nitrogens with zero attached hydrogens (tertiary/aromatic N) is 2. The summed E-state index contributed by atoms with van der Waals surface area (Å²) >= 11 is 3.31. The number of oxazole rings is 1. The molecular weight excluding hydrogens is 248 g/mol. The molecule has 5 heteroatoms. The van der Waals surface area contributed by atoms with Crippen LogP contribution in [0.4, 0.5) is 0 Å². The minimum Gasteiger partial charge on any atom is -0.389 e. The van der Waals surface area contributed by atoms with Gasteiger partial charge in [-0.2, -0.15) is 0 Å². The molecule has 2 aromatic rings. The van der Waals surface area contributed by atoms with E-state index in [1.54, 1.807) is 10.8 Å². The molecule has 0 saturated carbocycles. The fourth-order valence-corrected chi connectivity index (χ4v) is 1.71. The Bertz CT molecular complexity index is 527. The summed E-state index contributed by atoms with van der Waals surface area (Å²) < 4.78 is 7.40. The zero-order chi connectivity index (χ0) is 10.3. The summed E-state index contributed by atoms with van der Waals surface area (Å²) in [5, 5.41) is 0. The molecule has 0 aliphatic carbocycles. The summed E-state index contributed by atoms with van der Waals surface area (Å²) in [6.07, 6.45) is 1.61. The molecule has 0 radical (unpaired) electrons. The molecule has 0 aliphatic rings. The molecule has 4 nitrogen and oxygen atoms in total. The van der Waals surface area contributed by atoms with E-state index in [4.69, 9.17) is 4.42 Å². The third kappa shape index (κ3) is 1.37. The highest BCUT2D eigenvalue weighted by atomic mass is 79.9. The lowest BCUT2D eigenvalue weighted by Crippen LogP contribution is -2.15. The van der Waals surface area contributed by atoms with Gasteiger partial charge >= 0.3 is 5.76 Å². The van der Waals surface area contributed by atoms with Crippen molar-refractivity contribution in [3.8, 4) is 0 Å². The smallest absolute Gasteiger partial charge is 0.389 e. The van der Waals surface area contributed by atoms with Gasteiger partial charge in [0.15, 0.2) is 0 Å². The van der Waals surface area contributed by atoms with E-state index in [0.29, 0.717) is 5.71 Å². The second-order valence-electron chi connectivity index (χ2n) is 3.31. The van der Waals surface area contributed by atoms with Crippen LogP contribution < -0.4 is 5.76 Å². The Labute approximate surface area is 88.7 Å². The molecule has 0 amide bonds. The van der Waals surface area contributed by atoms with Crippen LogP contribution in [0.1, 0.15) is 19.9 Å². The summed E-state index contributed by atoms with van der Waals surface area (Å²) in [5.74, 6) is -0.361. The van der Waals surface area contributed by atoms with Gasteiger partial charge in [0.1, 0.15) is 5.52 Å². The lowest BCUT2D eigenvalue weighted by atomic mass is 10.3.